The second kappa shape index (κ2) is 7.88. The maximum atomic E-state index is 12.7. The second-order valence-corrected chi connectivity index (χ2v) is 6.53. The van der Waals surface area contributed by atoms with Crippen molar-refractivity contribution < 1.29 is 14.6 Å². The zero-order valence-corrected chi connectivity index (χ0v) is 15.1. The molecule has 3 aromatic carbocycles. The summed E-state index contributed by atoms with van der Waals surface area (Å²) in [5.41, 5.74) is 2.34. The van der Waals surface area contributed by atoms with Crippen molar-refractivity contribution >= 4 is 18.0 Å². The van der Waals surface area contributed by atoms with Crippen LogP contribution in [0.5, 0.6) is 0 Å². The van der Waals surface area contributed by atoms with E-state index in [1.807, 2.05) is 72.9 Å². The van der Waals surface area contributed by atoms with Crippen LogP contribution >= 0.6 is 0 Å². The Balaban J connectivity index is 1.70. The minimum atomic E-state index is -0.768. The molecule has 0 saturated heterocycles. The summed E-state index contributed by atoms with van der Waals surface area (Å²) >= 11 is 0. The van der Waals surface area contributed by atoms with E-state index in [0.29, 0.717) is 5.56 Å². The average molecular weight is 369 g/mol. The summed E-state index contributed by atoms with van der Waals surface area (Å²) in [5, 5.41) is 19.7. The molecule has 4 rings (SSSR count). The molecule has 1 unspecified atom stereocenters. The van der Waals surface area contributed by atoms with Crippen molar-refractivity contribution in [2.45, 2.75) is 12.1 Å². The summed E-state index contributed by atoms with van der Waals surface area (Å²) in [6, 6.07) is 27.0. The lowest BCUT2D eigenvalue weighted by Crippen LogP contribution is -2.47. The molecular formula is C23H19N3O2. The number of nitrogens with zero attached hydrogens (tertiary/aromatic N) is 2. The van der Waals surface area contributed by atoms with E-state index in [-0.39, 0.29) is 11.8 Å². The lowest BCUT2D eigenvalue weighted by Gasteiger charge is -2.20. The van der Waals surface area contributed by atoms with E-state index < -0.39 is 12.1 Å². The van der Waals surface area contributed by atoms with Crippen LogP contribution in [0.4, 0.5) is 0 Å². The van der Waals surface area contributed by atoms with Gasteiger partial charge in [-0.3, -0.25) is 4.79 Å². The van der Waals surface area contributed by atoms with E-state index in [9.17, 15) is 9.90 Å². The molecule has 5 nitrogen and oxygen atoms in total. The van der Waals surface area contributed by atoms with Gasteiger partial charge in [-0.2, -0.15) is 0 Å². The Morgan fingerprint density at radius 1 is 0.893 bits per heavy atom. The number of carbonyl (C=O) groups excluding carboxylic acids is 1. The fraction of sp³-hybridized carbons (Fsp3) is 0.0870. The number of hydrogen-bond donors (Lipinski definition) is 1. The minimum Gasteiger partial charge on any atom is -0.856 e. The van der Waals surface area contributed by atoms with E-state index in [2.05, 4.69) is 10.4 Å². The van der Waals surface area contributed by atoms with Crippen LogP contribution in [0.1, 0.15) is 27.5 Å². The standard InChI is InChI=1S/C23H19N3O2/c27-22(19-14-8-3-9-15-19)24-20-21(18-12-6-2-7-13-18)26(25-23(20)28)16-17-10-4-1-5-11-17/h1-16,20-21H,(H-,24,25,27,28)/b26-16-/t20?,21-/m1/s1. The summed E-state index contributed by atoms with van der Waals surface area (Å²) in [5.74, 6) is -0.665. The van der Waals surface area contributed by atoms with E-state index in [1.165, 1.54) is 0 Å². The second-order valence-electron chi connectivity index (χ2n) is 6.53. The number of carbonyl (C=O) groups is 1. The molecule has 0 spiro atoms. The van der Waals surface area contributed by atoms with E-state index in [1.54, 1.807) is 28.9 Å². The number of hydrogen-bond acceptors (Lipinski definition) is 3. The summed E-state index contributed by atoms with van der Waals surface area (Å²) in [6.07, 6.45) is 1.82. The van der Waals surface area contributed by atoms with Gasteiger partial charge in [0.15, 0.2) is 0 Å². The van der Waals surface area contributed by atoms with Gasteiger partial charge in [0.25, 0.3) is 5.91 Å². The third-order valence-corrected chi connectivity index (χ3v) is 4.63. The lowest BCUT2D eigenvalue weighted by molar-refractivity contribution is -0.565. The Morgan fingerprint density at radius 3 is 2.11 bits per heavy atom. The third kappa shape index (κ3) is 3.69. The number of nitrogens with one attached hydrogen (secondary N) is 1. The van der Waals surface area contributed by atoms with Gasteiger partial charge in [0.05, 0.1) is 5.90 Å². The van der Waals surface area contributed by atoms with Gasteiger partial charge in [0.2, 0.25) is 12.3 Å². The molecule has 1 amide bonds. The fourth-order valence-electron chi connectivity index (χ4n) is 3.28. The zero-order chi connectivity index (χ0) is 19.3. The predicted octanol–water partition coefficient (Wildman–Crippen LogP) is 2.35. The highest BCUT2D eigenvalue weighted by molar-refractivity contribution is 5.97. The highest BCUT2D eigenvalue weighted by atomic mass is 16.3. The first-order valence-electron chi connectivity index (χ1n) is 9.07. The summed E-state index contributed by atoms with van der Waals surface area (Å²) in [4.78, 5) is 12.7. The van der Waals surface area contributed by atoms with Gasteiger partial charge in [-0.25, -0.2) is 0 Å². The van der Waals surface area contributed by atoms with Crippen molar-refractivity contribution in [1.82, 2.24) is 5.32 Å². The SMILES string of the molecule is O=C(NC1C([O-])=N/[N+](=C\c2ccccc2)[C@@H]1c1ccccc1)c1ccccc1. The van der Waals surface area contributed by atoms with E-state index in [4.69, 9.17) is 0 Å². The molecule has 0 radical (unpaired) electrons. The van der Waals surface area contributed by atoms with Gasteiger partial charge in [-0.1, -0.05) is 71.4 Å². The molecule has 5 heteroatoms. The van der Waals surface area contributed by atoms with Gasteiger partial charge in [-0.15, -0.1) is 0 Å². The quantitative estimate of drug-likeness (QED) is 0.718. The molecular weight excluding hydrogens is 350 g/mol. The molecule has 3 aromatic rings. The monoisotopic (exact) mass is 369 g/mol. The largest absolute Gasteiger partial charge is 0.856 e. The number of amides is 1. The summed E-state index contributed by atoms with van der Waals surface area (Å²) < 4.78 is 1.64. The van der Waals surface area contributed by atoms with Crippen LogP contribution < -0.4 is 10.4 Å². The Hall–Kier alpha value is -3.73. The molecule has 1 heterocycles. The van der Waals surface area contributed by atoms with Gasteiger partial charge in [-0.05, 0) is 29.4 Å². The molecule has 0 aliphatic carbocycles. The first-order chi connectivity index (χ1) is 13.7. The molecule has 0 bridgehead atoms. The molecule has 2 atom stereocenters. The van der Waals surface area contributed by atoms with Crippen molar-refractivity contribution in [3.8, 4) is 0 Å². The molecule has 0 aromatic heterocycles. The lowest BCUT2D eigenvalue weighted by atomic mass is 9.99. The first kappa shape index (κ1) is 17.7. The van der Waals surface area contributed by atoms with Crippen LogP contribution in [0.15, 0.2) is 96.1 Å². The number of rotatable bonds is 4. The van der Waals surface area contributed by atoms with Gasteiger partial charge >= 0.3 is 0 Å². The Bertz CT molecular complexity index is 1020. The van der Waals surface area contributed by atoms with Crippen LogP contribution in [-0.2, 0) is 0 Å². The van der Waals surface area contributed by atoms with E-state index >= 15 is 0 Å². The van der Waals surface area contributed by atoms with Crippen molar-refractivity contribution in [1.29, 1.82) is 0 Å². The highest BCUT2D eigenvalue weighted by Gasteiger charge is 2.41. The molecule has 0 fully saturated rings. The Kier molecular flexibility index (Phi) is 4.97. The van der Waals surface area contributed by atoms with Crippen molar-refractivity contribution in [2.24, 2.45) is 5.10 Å². The molecule has 138 valence electrons. The van der Waals surface area contributed by atoms with Crippen molar-refractivity contribution in [3.63, 3.8) is 0 Å². The van der Waals surface area contributed by atoms with Crippen LogP contribution in [-0.4, -0.2) is 28.7 Å². The van der Waals surface area contributed by atoms with Crippen LogP contribution in [0.2, 0.25) is 0 Å². The Morgan fingerprint density at radius 2 is 1.46 bits per heavy atom. The fourth-order valence-corrected chi connectivity index (χ4v) is 3.28. The molecule has 1 aliphatic rings. The van der Waals surface area contributed by atoms with Crippen LogP contribution in [0.25, 0.3) is 0 Å². The number of benzene rings is 3. The summed E-state index contributed by atoms with van der Waals surface area (Å²) in [6.45, 7) is 0. The normalized spacial score (nSPS) is 20.0. The van der Waals surface area contributed by atoms with Crippen molar-refractivity contribution in [3.05, 3.63) is 108 Å². The minimum absolute atomic E-state index is 0.295. The maximum absolute atomic E-state index is 12.7. The average Bonchev–Trinajstić information content (AvgIpc) is 3.04. The smallest absolute Gasteiger partial charge is 0.252 e. The maximum Gasteiger partial charge on any atom is 0.252 e. The Labute approximate surface area is 163 Å². The van der Waals surface area contributed by atoms with Gasteiger partial charge in [0.1, 0.15) is 6.04 Å². The molecule has 28 heavy (non-hydrogen) atoms. The zero-order valence-electron chi connectivity index (χ0n) is 15.1. The summed E-state index contributed by atoms with van der Waals surface area (Å²) in [7, 11) is 0. The van der Waals surface area contributed by atoms with Crippen LogP contribution in [0.3, 0.4) is 0 Å². The van der Waals surface area contributed by atoms with Gasteiger partial charge < -0.3 is 10.4 Å². The third-order valence-electron chi connectivity index (χ3n) is 4.63. The van der Waals surface area contributed by atoms with E-state index in [0.717, 1.165) is 11.1 Å². The molecule has 0 saturated carbocycles. The predicted molar refractivity (Wildman–Crippen MR) is 106 cm³/mol. The number of hydrazone groups is 1. The molecule has 1 aliphatic heterocycles. The van der Waals surface area contributed by atoms with Crippen LogP contribution in [0, 0.1) is 0 Å². The highest BCUT2D eigenvalue weighted by Crippen LogP contribution is 2.26. The molecule has 1 N–H and O–H groups in total. The van der Waals surface area contributed by atoms with Gasteiger partial charge in [0, 0.05) is 16.7 Å². The first-order valence-corrected chi connectivity index (χ1v) is 9.07. The topological polar surface area (TPSA) is 67.5 Å². The van der Waals surface area contributed by atoms with Crippen molar-refractivity contribution in [2.75, 3.05) is 0 Å².